The van der Waals surface area contributed by atoms with E-state index in [1.807, 2.05) is 0 Å². The number of aliphatic hydroxyl groups excluding tert-OH is 1. The Hall–Kier alpha value is -2.77. The summed E-state index contributed by atoms with van der Waals surface area (Å²) in [6.07, 6.45) is -2.39. The SMILES string of the molecule is COC[C@@H](C)Oc1cc(F)c(COc2nc3nc(O[C@@H]4COC5C4OC[C@H]5O)[nH]c3cc2Cl)c(F)c1. The first kappa shape index (κ1) is 24.9. The minimum absolute atomic E-state index is 0.0384. The molecule has 0 spiro atoms. The molecule has 0 aliphatic carbocycles. The Labute approximate surface area is 209 Å². The number of aromatic nitrogens is 3. The Morgan fingerprint density at radius 2 is 1.92 bits per heavy atom. The van der Waals surface area contributed by atoms with Crippen molar-refractivity contribution in [3.05, 3.63) is 40.4 Å². The molecule has 194 valence electrons. The highest BCUT2D eigenvalue weighted by molar-refractivity contribution is 6.32. The molecule has 0 bridgehead atoms. The number of rotatable bonds is 9. The number of nitrogens with one attached hydrogen (secondary N) is 1. The average Bonchev–Trinajstić information content (AvgIpc) is 3.50. The number of hydrogen-bond acceptors (Lipinski definition) is 9. The number of imidazole rings is 1. The Bertz CT molecular complexity index is 1220. The van der Waals surface area contributed by atoms with Gasteiger partial charge in [-0.05, 0) is 13.0 Å². The van der Waals surface area contributed by atoms with E-state index in [-0.39, 0.29) is 59.8 Å². The van der Waals surface area contributed by atoms with Gasteiger partial charge < -0.3 is 38.5 Å². The second-order valence-electron chi connectivity index (χ2n) is 8.55. The van der Waals surface area contributed by atoms with Crippen molar-refractivity contribution in [2.75, 3.05) is 26.9 Å². The maximum Gasteiger partial charge on any atom is 0.296 e. The van der Waals surface area contributed by atoms with Gasteiger partial charge in [0.15, 0.2) is 11.8 Å². The third-order valence-corrected chi connectivity index (χ3v) is 6.09. The fourth-order valence-corrected chi connectivity index (χ4v) is 4.36. The van der Waals surface area contributed by atoms with Crippen molar-refractivity contribution >= 4 is 22.8 Å². The number of nitrogens with zero attached hydrogens (tertiary/aromatic N) is 2. The normalized spacial score (nSPS) is 24.2. The number of halogens is 3. The molecule has 0 amide bonds. The highest BCUT2D eigenvalue weighted by Gasteiger charge is 2.48. The molecule has 36 heavy (non-hydrogen) atoms. The van der Waals surface area contributed by atoms with Crippen LogP contribution in [0.3, 0.4) is 0 Å². The highest BCUT2D eigenvalue weighted by Crippen LogP contribution is 2.32. The monoisotopic (exact) mass is 527 g/mol. The van der Waals surface area contributed by atoms with Gasteiger partial charge in [-0.1, -0.05) is 11.6 Å². The molecule has 4 heterocycles. The minimum Gasteiger partial charge on any atom is -0.488 e. The van der Waals surface area contributed by atoms with Crippen molar-refractivity contribution in [1.82, 2.24) is 15.0 Å². The average molecular weight is 528 g/mol. The lowest BCUT2D eigenvalue weighted by Gasteiger charge is -2.15. The third-order valence-electron chi connectivity index (χ3n) is 5.82. The Morgan fingerprint density at radius 1 is 1.17 bits per heavy atom. The number of hydrogen-bond donors (Lipinski definition) is 2. The molecule has 0 saturated carbocycles. The molecule has 3 aromatic rings. The van der Waals surface area contributed by atoms with Crippen molar-refractivity contribution in [1.29, 1.82) is 0 Å². The van der Waals surface area contributed by atoms with E-state index in [0.717, 1.165) is 12.1 Å². The van der Waals surface area contributed by atoms with Gasteiger partial charge >= 0.3 is 0 Å². The van der Waals surface area contributed by atoms with E-state index in [1.54, 1.807) is 6.92 Å². The summed E-state index contributed by atoms with van der Waals surface area (Å²) in [5, 5.41) is 9.98. The van der Waals surface area contributed by atoms with Crippen molar-refractivity contribution in [3.63, 3.8) is 0 Å². The molecule has 1 aromatic carbocycles. The molecule has 2 aromatic heterocycles. The second kappa shape index (κ2) is 10.3. The van der Waals surface area contributed by atoms with Crippen LogP contribution in [0.2, 0.25) is 5.02 Å². The molecule has 10 nitrogen and oxygen atoms in total. The van der Waals surface area contributed by atoms with Gasteiger partial charge in [0.05, 0.1) is 30.9 Å². The smallest absolute Gasteiger partial charge is 0.296 e. The molecule has 2 fully saturated rings. The van der Waals surface area contributed by atoms with E-state index in [1.165, 1.54) is 13.2 Å². The molecule has 2 aliphatic rings. The number of aromatic amines is 1. The molecular formula is C23H24ClF2N3O7. The molecule has 2 unspecified atom stereocenters. The first-order chi connectivity index (χ1) is 17.3. The zero-order valence-corrected chi connectivity index (χ0v) is 20.1. The molecule has 5 rings (SSSR count). The summed E-state index contributed by atoms with van der Waals surface area (Å²) in [5.41, 5.74) is 0.388. The van der Waals surface area contributed by atoms with Crippen molar-refractivity contribution < 1.29 is 42.3 Å². The van der Waals surface area contributed by atoms with Crippen molar-refractivity contribution in [3.8, 4) is 17.6 Å². The number of benzene rings is 1. The number of methoxy groups -OCH3 is 1. The van der Waals surface area contributed by atoms with E-state index in [2.05, 4.69) is 15.0 Å². The van der Waals surface area contributed by atoms with Crippen LogP contribution in [0.1, 0.15) is 12.5 Å². The van der Waals surface area contributed by atoms with E-state index in [9.17, 15) is 13.9 Å². The van der Waals surface area contributed by atoms with Crippen LogP contribution in [0.15, 0.2) is 18.2 Å². The number of ether oxygens (including phenoxy) is 6. The van der Waals surface area contributed by atoms with Crippen molar-refractivity contribution in [2.45, 2.75) is 44.1 Å². The quantitative estimate of drug-likeness (QED) is 0.433. The van der Waals surface area contributed by atoms with Crippen LogP contribution in [-0.2, 0) is 20.8 Å². The summed E-state index contributed by atoms with van der Waals surface area (Å²) in [5.74, 6) is -1.68. The van der Waals surface area contributed by atoms with Crippen molar-refractivity contribution in [2.24, 2.45) is 0 Å². The topological polar surface area (TPSA) is 117 Å². The van der Waals surface area contributed by atoms with Gasteiger partial charge in [0.25, 0.3) is 6.01 Å². The lowest BCUT2D eigenvalue weighted by Crippen LogP contribution is -2.34. The Kier molecular flexibility index (Phi) is 7.13. The maximum atomic E-state index is 14.6. The van der Waals surface area contributed by atoms with E-state index < -0.39 is 42.7 Å². The van der Waals surface area contributed by atoms with Gasteiger partial charge in [0.1, 0.15) is 53.4 Å². The third kappa shape index (κ3) is 5.04. The predicted octanol–water partition coefficient (Wildman–Crippen LogP) is 2.79. The zero-order chi connectivity index (χ0) is 25.4. The van der Waals surface area contributed by atoms with Gasteiger partial charge in [0.2, 0.25) is 5.88 Å². The Balaban J connectivity index is 1.27. The predicted molar refractivity (Wildman–Crippen MR) is 121 cm³/mol. The Morgan fingerprint density at radius 3 is 2.67 bits per heavy atom. The maximum absolute atomic E-state index is 14.6. The number of fused-ring (bicyclic) bond motifs is 2. The standard InChI is InChI=1S/C23H24ClF2N3O7/c1-10(6-31-2)35-11-3-14(25)12(15(26)4-11)7-34-22-13(24)5-16-21(28-22)29-23(27-16)36-18-9-33-19-17(30)8-32-20(18)19/h3-5,10,17-20,30H,6-9H2,1-2H3,(H,27,28,29)/t10-,17-,18-,19?,20?/m1/s1. The number of H-pyrrole nitrogens is 1. The summed E-state index contributed by atoms with van der Waals surface area (Å²) in [6, 6.07) is 3.83. The number of pyridine rings is 1. The summed E-state index contributed by atoms with van der Waals surface area (Å²) in [4.78, 5) is 11.5. The van der Waals surface area contributed by atoms with Gasteiger partial charge in [-0.15, -0.1) is 0 Å². The molecule has 0 radical (unpaired) electrons. The minimum atomic E-state index is -0.835. The van der Waals surface area contributed by atoms with Gasteiger partial charge in [-0.2, -0.15) is 9.97 Å². The molecule has 2 aliphatic heterocycles. The highest BCUT2D eigenvalue weighted by atomic mass is 35.5. The zero-order valence-electron chi connectivity index (χ0n) is 19.4. The summed E-state index contributed by atoms with van der Waals surface area (Å²) < 4.78 is 62.0. The fourth-order valence-electron chi connectivity index (χ4n) is 4.15. The molecule has 2 N–H and O–H groups in total. The van der Waals surface area contributed by atoms with Crippen LogP contribution in [0.4, 0.5) is 8.78 Å². The van der Waals surface area contributed by atoms with Gasteiger partial charge in [0, 0.05) is 19.2 Å². The lowest BCUT2D eigenvalue weighted by molar-refractivity contribution is 0.00706. The summed E-state index contributed by atoms with van der Waals surface area (Å²) in [7, 11) is 1.50. The first-order valence-corrected chi connectivity index (χ1v) is 11.6. The van der Waals surface area contributed by atoms with Gasteiger partial charge in [-0.3, -0.25) is 0 Å². The van der Waals surface area contributed by atoms with E-state index in [0.29, 0.717) is 5.52 Å². The van der Waals surface area contributed by atoms with Crippen LogP contribution < -0.4 is 14.2 Å². The summed E-state index contributed by atoms with van der Waals surface area (Å²) >= 11 is 6.27. The fraction of sp³-hybridized carbons (Fsp3) is 0.478. The summed E-state index contributed by atoms with van der Waals surface area (Å²) in [6.45, 7) is 1.94. The molecule has 2 saturated heterocycles. The second-order valence-corrected chi connectivity index (χ2v) is 8.95. The van der Waals surface area contributed by atoms with Crippen LogP contribution in [0, 0.1) is 11.6 Å². The van der Waals surface area contributed by atoms with Crippen LogP contribution in [-0.4, -0.2) is 77.5 Å². The largest absolute Gasteiger partial charge is 0.488 e. The lowest BCUT2D eigenvalue weighted by atomic mass is 10.1. The van der Waals surface area contributed by atoms with Gasteiger partial charge in [-0.25, -0.2) is 8.78 Å². The molecule has 13 heteroatoms. The first-order valence-electron chi connectivity index (χ1n) is 11.2. The molecule has 5 atom stereocenters. The van der Waals surface area contributed by atoms with E-state index in [4.69, 9.17) is 40.0 Å². The van der Waals surface area contributed by atoms with Crippen LogP contribution >= 0.6 is 11.6 Å². The number of aliphatic hydroxyl groups is 1. The van der Waals surface area contributed by atoms with Crippen LogP contribution in [0.25, 0.3) is 11.2 Å². The molecular weight excluding hydrogens is 504 g/mol. The van der Waals surface area contributed by atoms with E-state index >= 15 is 0 Å². The van der Waals surface area contributed by atoms with Crippen LogP contribution in [0.5, 0.6) is 17.6 Å².